The minimum absolute atomic E-state index is 0.0215. The number of aliphatic hydroxyl groups excluding tert-OH is 1. The number of nitrogens with one attached hydrogen (secondary N) is 1. The number of hydrogen-bond acceptors (Lipinski definition) is 3. The first kappa shape index (κ1) is 16.5. The van der Waals surface area contributed by atoms with Crippen molar-refractivity contribution in [2.45, 2.75) is 51.7 Å². The predicted octanol–water partition coefficient (Wildman–Crippen LogP) is 3.30. The van der Waals surface area contributed by atoms with Crippen LogP contribution in [0.4, 0.5) is 0 Å². The molecule has 0 radical (unpaired) electrons. The summed E-state index contributed by atoms with van der Waals surface area (Å²) >= 11 is 0. The molecule has 2 atom stereocenters. The van der Waals surface area contributed by atoms with E-state index in [9.17, 15) is 5.11 Å². The maximum atomic E-state index is 10.0. The van der Waals surface area contributed by atoms with Gasteiger partial charge in [-0.2, -0.15) is 0 Å². The van der Waals surface area contributed by atoms with Crippen molar-refractivity contribution in [3.05, 3.63) is 35.9 Å². The Hall–Kier alpha value is -0.900. The summed E-state index contributed by atoms with van der Waals surface area (Å²) in [6, 6.07) is 10.1. The Morgan fingerprint density at radius 3 is 2.57 bits per heavy atom. The molecular formula is C18H29NO2. The van der Waals surface area contributed by atoms with Crippen LogP contribution in [0, 0.1) is 5.41 Å². The fourth-order valence-electron chi connectivity index (χ4n) is 3.08. The number of benzene rings is 1. The van der Waals surface area contributed by atoms with E-state index in [0.717, 1.165) is 12.1 Å². The molecular weight excluding hydrogens is 262 g/mol. The molecule has 1 saturated carbocycles. The first-order valence-corrected chi connectivity index (χ1v) is 8.14. The van der Waals surface area contributed by atoms with Gasteiger partial charge in [0.25, 0.3) is 0 Å². The summed E-state index contributed by atoms with van der Waals surface area (Å²) in [4.78, 5) is 0. The summed E-state index contributed by atoms with van der Waals surface area (Å²) in [5.74, 6) is 0. The van der Waals surface area contributed by atoms with Gasteiger partial charge in [-0.1, -0.05) is 50.1 Å². The summed E-state index contributed by atoms with van der Waals surface area (Å²) < 4.78 is 5.75. The fraction of sp³-hybridized carbons (Fsp3) is 0.667. The second-order valence-electron chi connectivity index (χ2n) is 6.69. The number of aliphatic hydroxyl groups is 1. The molecule has 0 saturated heterocycles. The van der Waals surface area contributed by atoms with Gasteiger partial charge in [0.2, 0.25) is 0 Å². The van der Waals surface area contributed by atoms with Gasteiger partial charge in [-0.3, -0.25) is 0 Å². The average Bonchev–Trinajstić information content (AvgIpc) is 2.92. The zero-order valence-electron chi connectivity index (χ0n) is 13.3. The highest BCUT2D eigenvalue weighted by atomic mass is 16.5. The predicted molar refractivity (Wildman–Crippen MR) is 86.3 cm³/mol. The molecule has 118 valence electrons. The Morgan fingerprint density at radius 1 is 1.24 bits per heavy atom. The fourth-order valence-corrected chi connectivity index (χ4v) is 3.08. The van der Waals surface area contributed by atoms with Gasteiger partial charge >= 0.3 is 0 Å². The van der Waals surface area contributed by atoms with Crippen LogP contribution in [0.2, 0.25) is 0 Å². The van der Waals surface area contributed by atoms with Crippen molar-refractivity contribution in [1.82, 2.24) is 5.32 Å². The lowest BCUT2D eigenvalue weighted by atomic mass is 9.89. The molecule has 21 heavy (non-hydrogen) atoms. The maximum absolute atomic E-state index is 10.0. The molecule has 0 aliphatic heterocycles. The van der Waals surface area contributed by atoms with Crippen LogP contribution in [0.25, 0.3) is 0 Å². The molecule has 2 rings (SSSR count). The second kappa shape index (κ2) is 7.92. The van der Waals surface area contributed by atoms with Crippen LogP contribution in [0.5, 0.6) is 0 Å². The highest BCUT2D eigenvalue weighted by molar-refractivity contribution is 5.16. The van der Waals surface area contributed by atoms with E-state index < -0.39 is 6.10 Å². The molecule has 0 spiro atoms. The van der Waals surface area contributed by atoms with E-state index in [1.807, 2.05) is 25.1 Å². The first-order chi connectivity index (χ1) is 10.1. The van der Waals surface area contributed by atoms with Gasteiger partial charge in [0.15, 0.2) is 0 Å². The SMILES string of the molecule is CC(OCC(O)CNCC1(C)CCCC1)c1ccccc1. The quantitative estimate of drug-likeness (QED) is 0.772. The molecule has 0 heterocycles. The summed E-state index contributed by atoms with van der Waals surface area (Å²) in [6.07, 6.45) is 4.88. The molecule has 2 N–H and O–H groups in total. The Kier molecular flexibility index (Phi) is 6.22. The molecule has 0 amide bonds. The van der Waals surface area contributed by atoms with E-state index >= 15 is 0 Å². The zero-order chi connectivity index (χ0) is 15.1. The zero-order valence-corrected chi connectivity index (χ0v) is 13.3. The van der Waals surface area contributed by atoms with Crippen LogP contribution < -0.4 is 5.32 Å². The Bertz CT molecular complexity index is 401. The van der Waals surface area contributed by atoms with Gasteiger partial charge in [-0.05, 0) is 30.7 Å². The van der Waals surface area contributed by atoms with Gasteiger partial charge < -0.3 is 15.2 Å². The largest absolute Gasteiger partial charge is 0.389 e. The minimum Gasteiger partial charge on any atom is -0.389 e. The molecule has 1 aromatic rings. The van der Waals surface area contributed by atoms with Gasteiger partial charge in [-0.15, -0.1) is 0 Å². The van der Waals surface area contributed by atoms with E-state index in [1.54, 1.807) is 0 Å². The van der Waals surface area contributed by atoms with Crippen molar-refractivity contribution in [3.63, 3.8) is 0 Å². The maximum Gasteiger partial charge on any atom is 0.0897 e. The summed E-state index contributed by atoms with van der Waals surface area (Å²) in [5, 5.41) is 13.4. The smallest absolute Gasteiger partial charge is 0.0897 e. The van der Waals surface area contributed by atoms with Crippen molar-refractivity contribution >= 4 is 0 Å². The summed E-state index contributed by atoms with van der Waals surface area (Å²) in [5.41, 5.74) is 1.58. The van der Waals surface area contributed by atoms with Crippen LogP contribution in [0.15, 0.2) is 30.3 Å². The molecule has 1 aliphatic carbocycles. The third-order valence-corrected chi connectivity index (χ3v) is 4.55. The van der Waals surface area contributed by atoms with Crippen molar-refractivity contribution in [2.24, 2.45) is 5.41 Å². The van der Waals surface area contributed by atoms with E-state index in [4.69, 9.17) is 4.74 Å². The monoisotopic (exact) mass is 291 g/mol. The highest BCUT2D eigenvalue weighted by Crippen LogP contribution is 2.36. The second-order valence-corrected chi connectivity index (χ2v) is 6.69. The number of rotatable bonds is 8. The Morgan fingerprint density at radius 2 is 1.90 bits per heavy atom. The Labute approximate surface area is 128 Å². The lowest BCUT2D eigenvalue weighted by molar-refractivity contribution is -0.00272. The van der Waals surface area contributed by atoms with Gasteiger partial charge in [0.05, 0.1) is 18.8 Å². The normalized spacial score (nSPS) is 20.3. The van der Waals surface area contributed by atoms with Crippen LogP contribution in [0.1, 0.15) is 51.2 Å². The van der Waals surface area contributed by atoms with E-state index in [-0.39, 0.29) is 6.10 Å². The van der Waals surface area contributed by atoms with E-state index in [2.05, 4.69) is 24.4 Å². The van der Waals surface area contributed by atoms with Crippen molar-refractivity contribution in [1.29, 1.82) is 0 Å². The topological polar surface area (TPSA) is 41.5 Å². The average molecular weight is 291 g/mol. The third kappa shape index (κ3) is 5.42. The van der Waals surface area contributed by atoms with Gasteiger partial charge in [-0.25, -0.2) is 0 Å². The minimum atomic E-state index is -0.443. The first-order valence-electron chi connectivity index (χ1n) is 8.14. The molecule has 3 heteroatoms. The third-order valence-electron chi connectivity index (χ3n) is 4.55. The molecule has 0 bridgehead atoms. The molecule has 1 aliphatic rings. The highest BCUT2D eigenvalue weighted by Gasteiger charge is 2.28. The molecule has 1 fully saturated rings. The summed E-state index contributed by atoms with van der Waals surface area (Å²) in [6.45, 7) is 6.34. The number of hydrogen-bond donors (Lipinski definition) is 2. The van der Waals surface area contributed by atoms with Gasteiger partial charge in [0, 0.05) is 13.1 Å². The van der Waals surface area contributed by atoms with E-state index in [0.29, 0.717) is 18.6 Å². The standard InChI is InChI=1S/C18H29NO2/c1-15(16-8-4-3-5-9-16)21-13-17(20)12-19-14-18(2)10-6-7-11-18/h3-5,8-9,15,17,19-20H,6-7,10-14H2,1-2H3. The van der Waals surface area contributed by atoms with Crippen molar-refractivity contribution in [3.8, 4) is 0 Å². The van der Waals surface area contributed by atoms with Crippen LogP contribution >= 0.6 is 0 Å². The lowest BCUT2D eigenvalue weighted by Gasteiger charge is -2.25. The van der Waals surface area contributed by atoms with Crippen molar-refractivity contribution < 1.29 is 9.84 Å². The van der Waals surface area contributed by atoms with Crippen LogP contribution in [-0.4, -0.2) is 30.9 Å². The van der Waals surface area contributed by atoms with E-state index in [1.165, 1.54) is 25.7 Å². The molecule has 2 unspecified atom stereocenters. The lowest BCUT2D eigenvalue weighted by Crippen LogP contribution is -2.36. The molecule has 0 aromatic heterocycles. The van der Waals surface area contributed by atoms with Gasteiger partial charge in [0.1, 0.15) is 0 Å². The molecule has 3 nitrogen and oxygen atoms in total. The van der Waals surface area contributed by atoms with Crippen LogP contribution in [0.3, 0.4) is 0 Å². The van der Waals surface area contributed by atoms with Crippen LogP contribution in [-0.2, 0) is 4.74 Å². The number of ether oxygens (including phenoxy) is 1. The summed E-state index contributed by atoms with van der Waals surface area (Å²) in [7, 11) is 0. The van der Waals surface area contributed by atoms with Crippen molar-refractivity contribution in [2.75, 3.05) is 19.7 Å². The molecule has 1 aromatic carbocycles. The Balaban J connectivity index is 1.62.